The van der Waals surface area contributed by atoms with Crippen LogP contribution in [0.25, 0.3) is 0 Å². The summed E-state index contributed by atoms with van der Waals surface area (Å²) in [7, 11) is -5.85. The van der Waals surface area contributed by atoms with Gasteiger partial charge in [-0.05, 0) is 25.7 Å². The molecule has 2 unspecified atom stereocenters. The molecule has 0 bridgehead atoms. The molecule has 0 heterocycles. The van der Waals surface area contributed by atoms with Gasteiger partial charge in [-0.25, -0.2) is 0 Å². The van der Waals surface area contributed by atoms with E-state index < -0.39 is 27.7 Å². The molecule has 0 saturated heterocycles. The lowest BCUT2D eigenvalue weighted by atomic mass is 9.75. The summed E-state index contributed by atoms with van der Waals surface area (Å²) in [6.45, 7) is 8.31. The number of hydrogen-bond acceptors (Lipinski definition) is 6. The Bertz CT molecular complexity index is 317. The lowest BCUT2D eigenvalue weighted by Gasteiger charge is -2.45. The van der Waals surface area contributed by atoms with Crippen molar-refractivity contribution in [2.24, 2.45) is 0 Å². The maximum absolute atomic E-state index is 10.6. The van der Waals surface area contributed by atoms with Crippen LogP contribution >= 0.6 is 16.5 Å². The molecule has 0 aromatic rings. The highest BCUT2D eigenvalue weighted by molar-refractivity contribution is 7.46. The average molecular weight is 362 g/mol. The number of aliphatic hydroxyl groups excluding tert-OH is 1. The lowest BCUT2D eigenvalue weighted by molar-refractivity contribution is -0.195. The lowest BCUT2D eigenvalue weighted by Crippen LogP contribution is -2.55. The van der Waals surface area contributed by atoms with Crippen molar-refractivity contribution < 1.29 is 38.2 Å². The molecule has 0 aliphatic heterocycles. The fraction of sp³-hybridized carbons (Fsp3) is 1.00. The summed E-state index contributed by atoms with van der Waals surface area (Å²) >= 11 is 0. The third-order valence-electron chi connectivity index (χ3n) is 3.77. The number of ether oxygens (including phenoxy) is 1. The third kappa shape index (κ3) is 7.99. The Morgan fingerprint density at radius 2 is 1.32 bits per heavy atom. The van der Waals surface area contributed by atoms with Gasteiger partial charge in [0.25, 0.3) is 0 Å². The minimum Gasteiger partial charge on any atom is -0.394 e. The van der Waals surface area contributed by atoms with Crippen LogP contribution in [0.4, 0.5) is 0 Å². The normalized spacial score (nSPS) is 13.3. The standard InChI is InChI=1S/C12H26O3.O5P2/c1-5-11(14,6-2)12(7-3,8-4)15-10-9-13;1-6(2)5-7(3)4/h13-14H,5-10H2,1-4H3;/p+2. The summed E-state index contributed by atoms with van der Waals surface area (Å²) in [4.78, 5) is 15.3. The van der Waals surface area contributed by atoms with E-state index in [0.717, 1.165) is 12.8 Å². The largest absolute Gasteiger partial charge is 0.745 e. The van der Waals surface area contributed by atoms with Crippen LogP contribution in [0.1, 0.15) is 53.4 Å². The maximum Gasteiger partial charge on any atom is 0.745 e. The summed E-state index contributed by atoms with van der Waals surface area (Å²) in [6, 6.07) is 0. The Balaban J connectivity index is 0. The van der Waals surface area contributed by atoms with E-state index >= 15 is 0 Å². The van der Waals surface area contributed by atoms with Crippen LogP contribution in [0.5, 0.6) is 0 Å². The van der Waals surface area contributed by atoms with Crippen molar-refractivity contribution in [1.29, 1.82) is 0 Å². The summed E-state index contributed by atoms with van der Waals surface area (Å²) in [6.07, 6.45) is 2.89. The molecule has 8 nitrogen and oxygen atoms in total. The van der Waals surface area contributed by atoms with Crippen LogP contribution < -0.4 is 0 Å². The van der Waals surface area contributed by atoms with Gasteiger partial charge >= 0.3 is 16.5 Å². The zero-order valence-corrected chi connectivity index (χ0v) is 15.3. The first-order valence-corrected chi connectivity index (χ1v) is 9.42. The Morgan fingerprint density at radius 3 is 1.50 bits per heavy atom. The van der Waals surface area contributed by atoms with Gasteiger partial charge in [-0.1, -0.05) is 27.7 Å². The quantitative estimate of drug-likeness (QED) is 0.435. The van der Waals surface area contributed by atoms with Crippen molar-refractivity contribution in [2.75, 3.05) is 13.2 Å². The van der Waals surface area contributed by atoms with Crippen LogP contribution in [-0.2, 0) is 18.2 Å². The Morgan fingerprint density at radius 1 is 0.909 bits per heavy atom. The van der Waals surface area contributed by atoms with Crippen molar-refractivity contribution in [2.45, 2.75) is 64.6 Å². The van der Waals surface area contributed by atoms with Gasteiger partial charge in [0.2, 0.25) is 0 Å². The fourth-order valence-corrected chi connectivity index (χ4v) is 2.92. The molecule has 2 atom stereocenters. The monoisotopic (exact) mass is 362 g/mol. The van der Waals surface area contributed by atoms with Crippen LogP contribution in [0.3, 0.4) is 0 Å². The molecule has 0 spiro atoms. The molecule has 0 radical (unpaired) electrons. The van der Waals surface area contributed by atoms with Gasteiger partial charge in [0.1, 0.15) is 0 Å². The van der Waals surface area contributed by atoms with E-state index in [-0.39, 0.29) is 6.61 Å². The van der Waals surface area contributed by atoms with Gasteiger partial charge in [0.15, 0.2) is 4.31 Å². The van der Waals surface area contributed by atoms with E-state index in [2.05, 4.69) is 4.31 Å². The molecule has 0 aromatic heterocycles. The molecule has 0 amide bonds. The summed E-state index contributed by atoms with van der Waals surface area (Å²) in [5.74, 6) is 0. The van der Waals surface area contributed by atoms with Gasteiger partial charge in [0, 0.05) is 9.13 Å². The minimum absolute atomic E-state index is 0.00522. The molecule has 0 aliphatic rings. The smallest absolute Gasteiger partial charge is 0.394 e. The van der Waals surface area contributed by atoms with E-state index in [1.807, 2.05) is 27.7 Å². The molecule has 0 aromatic carbocycles. The van der Waals surface area contributed by atoms with Crippen molar-refractivity contribution in [1.82, 2.24) is 0 Å². The Labute approximate surface area is 133 Å². The Hall–Kier alpha value is -0.0400. The first kappa shape index (κ1) is 24.2. The van der Waals surface area contributed by atoms with Gasteiger partial charge in [-0.2, -0.15) is 0 Å². The van der Waals surface area contributed by atoms with E-state index in [4.69, 9.17) is 19.6 Å². The van der Waals surface area contributed by atoms with Crippen molar-refractivity contribution in [3.63, 3.8) is 0 Å². The number of rotatable bonds is 10. The van der Waals surface area contributed by atoms with Gasteiger partial charge in [-0.3, -0.25) is 0 Å². The van der Waals surface area contributed by atoms with Crippen LogP contribution in [0.2, 0.25) is 0 Å². The highest BCUT2D eigenvalue weighted by Crippen LogP contribution is 2.38. The maximum atomic E-state index is 10.6. The topological polar surface area (TPSA) is 134 Å². The summed E-state index contributed by atoms with van der Waals surface area (Å²) in [5.41, 5.74) is -1.30. The SMILES string of the molecule is CCC(O)(CC)C(CC)(CC)OCCO.O=[P+](O)O[P+](=O)O. The van der Waals surface area contributed by atoms with Crippen LogP contribution in [0, 0.1) is 0 Å². The van der Waals surface area contributed by atoms with E-state index in [1.165, 1.54) is 0 Å². The fourth-order valence-electron chi connectivity index (χ4n) is 2.44. The van der Waals surface area contributed by atoms with Crippen molar-refractivity contribution >= 4 is 16.5 Å². The van der Waals surface area contributed by atoms with E-state index in [0.29, 0.717) is 19.4 Å². The van der Waals surface area contributed by atoms with Gasteiger partial charge in [0.05, 0.1) is 24.4 Å². The highest BCUT2D eigenvalue weighted by Gasteiger charge is 2.46. The second-order valence-electron chi connectivity index (χ2n) is 4.57. The molecule has 0 rings (SSSR count). The number of hydrogen-bond donors (Lipinski definition) is 4. The predicted molar refractivity (Wildman–Crippen MR) is 82.6 cm³/mol. The van der Waals surface area contributed by atoms with Gasteiger partial charge < -0.3 is 14.9 Å². The second-order valence-corrected chi connectivity index (χ2v) is 6.17. The number of aliphatic hydroxyl groups is 2. The molecule has 132 valence electrons. The molecule has 22 heavy (non-hydrogen) atoms. The molecule has 10 heteroatoms. The second kappa shape index (κ2) is 12.4. The average Bonchev–Trinajstić information content (AvgIpc) is 2.47. The first-order chi connectivity index (χ1) is 10.2. The minimum atomic E-state index is -2.92. The highest BCUT2D eigenvalue weighted by atomic mass is 31.2. The molecule has 4 N–H and O–H groups in total. The molecule has 0 saturated carbocycles. The zero-order chi connectivity index (χ0) is 17.8. The van der Waals surface area contributed by atoms with E-state index in [1.54, 1.807) is 0 Å². The van der Waals surface area contributed by atoms with E-state index in [9.17, 15) is 14.2 Å². The first-order valence-electron chi connectivity index (χ1n) is 7.16. The predicted octanol–water partition coefficient (Wildman–Crippen LogP) is 2.41. The van der Waals surface area contributed by atoms with Crippen LogP contribution in [-0.4, -0.2) is 44.4 Å². The Kier molecular flexibility index (Phi) is 13.6. The summed E-state index contributed by atoms with van der Waals surface area (Å²) < 4.78 is 27.9. The van der Waals surface area contributed by atoms with Crippen molar-refractivity contribution in [3.8, 4) is 0 Å². The molecule has 0 fully saturated rings. The zero-order valence-electron chi connectivity index (χ0n) is 13.6. The summed E-state index contributed by atoms with van der Waals surface area (Å²) in [5, 5.41) is 19.4. The van der Waals surface area contributed by atoms with Gasteiger partial charge in [-0.15, -0.1) is 9.79 Å². The third-order valence-corrected chi connectivity index (χ3v) is 4.89. The molecular formula is C12H28O8P2+2. The van der Waals surface area contributed by atoms with Crippen molar-refractivity contribution in [3.05, 3.63) is 0 Å². The molecular weight excluding hydrogens is 334 g/mol. The molecule has 0 aliphatic carbocycles. The van der Waals surface area contributed by atoms with Crippen LogP contribution in [0.15, 0.2) is 0 Å².